The SMILES string of the molecule is CCCCNC(=O)/C(C#N)=C/c1ccc(OC(=O)/C=C/c2cc(Br)c(OC)c(OC)c2)c(OC)c1. The minimum absolute atomic E-state index is 0.0306. The Labute approximate surface area is 213 Å². The van der Waals surface area contributed by atoms with Gasteiger partial charge >= 0.3 is 5.97 Å². The second-order valence-corrected chi connectivity index (χ2v) is 8.04. The molecule has 9 heteroatoms. The fourth-order valence-electron chi connectivity index (χ4n) is 2.99. The van der Waals surface area contributed by atoms with Crippen molar-refractivity contribution in [1.82, 2.24) is 5.32 Å². The molecule has 0 unspecified atom stereocenters. The van der Waals surface area contributed by atoms with Crippen LogP contribution in [-0.4, -0.2) is 39.8 Å². The standard InChI is InChI=1S/C26H27BrN2O6/c1-5-6-11-29-26(31)19(16-28)12-17-7-9-21(22(14-17)32-2)35-24(30)10-8-18-13-20(27)25(34-4)23(15-18)33-3/h7-10,12-15H,5-6,11H2,1-4H3,(H,29,31)/b10-8+,19-12+. The summed E-state index contributed by atoms with van der Waals surface area (Å²) >= 11 is 3.41. The molecule has 8 nitrogen and oxygen atoms in total. The van der Waals surface area contributed by atoms with Crippen molar-refractivity contribution < 1.29 is 28.5 Å². The number of benzene rings is 2. The molecule has 184 valence electrons. The predicted octanol–water partition coefficient (Wildman–Crippen LogP) is 4.92. The molecule has 2 aromatic rings. The maximum atomic E-state index is 12.4. The van der Waals surface area contributed by atoms with Crippen LogP contribution < -0.4 is 24.3 Å². The first-order valence-corrected chi connectivity index (χ1v) is 11.6. The molecule has 0 atom stereocenters. The lowest BCUT2D eigenvalue weighted by molar-refractivity contribution is -0.129. The van der Waals surface area contributed by atoms with E-state index in [0.29, 0.717) is 33.6 Å². The van der Waals surface area contributed by atoms with Crippen molar-refractivity contribution in [2.45, 2.75) is 19.8 Å². The molecule has 2 aromatic carbocycles. The molecule has 0 aliphatic heterocycles. The van der Waals surface area contributed by atoms with Gasteiger partial charge in [0.1, 0.15) is 11.6 Å². The molecule has 0 aromatic heterocycles. The first-order valence-electron chi connectivity index (χ1n) is 10.8. The normalized spacial score (nSPS) is 11.0. The number of unbranched alkanes of at least 4 members (excludes halogenated alkanes) is 1. The monoisotopic (exact) mass is 542 g/mol. The van der Waals surface area contributed by atoms with E-state index in [1.807, 2.05) is 13.0 Å². The summed E-state index contributed by atoms with van der Waals surface area (Å²) in [6, 6.07) is 10.1. The van der Waals surface area contributed by atoms with Crippen LogP contribution in [0, 0.1) is 11.3 Å². The van der Waals surface area contributed by atoms with Gasteiger partial charge in [0.2, 0.25) is 0 Å². The molecule has 0 aliphatic rings. The Hall–Kier alpha value is -3.77. The molecule has 2 rings (SSSR count). The van der Waals surface area contributed by atoms with Gasteiger partial charge in [0.25, 0.3) is 5.91 Å². The van der Waals surface area contributed by atoms with Crippen molar-refractivity contribution in [1.29, 1.82) is 5.26 Å². The van der Waals surface area contributed by atoms with Gasteiger partial charge in [-0.1, -0.05) is 19.4 Å². The molecule has 0 bridgehead atoms. The van der Waals surface area contributed by atoms with E-state index < -0.39 is 11.9 Å². The summed E-state index contributed by atoms with van der Waals surface area (Å²) < 4.78 is 22.0. The van der Waals surface area contributed by atoms with E-state index in [4.69, 9.17) is 18.9 Å². The van der Waals surface area contributed by atoms with Gasteiger partial charge in [-0.2, -0.15) is 5.26 Å². The summed E-state index contributed by atoms with van der Waals surface area (Å²) in [7, 11) is 4.49. The number of hydrogen-bond donors (Lipinski definition) is 1. The Kier molecular flexibility index (Phi) is 10.8. The third-order valence-electron chi connectivity index (χ3n) is 4.76. The average Bonchev–Trinajstić information content (AvgIpc) is 2.86. The number of carbonyl (C=O) groups is 2. The predicted molar refractivity (Wildman–Crippen MR) is 136 cm³/mol. The van der Waals surface area contributed by atoms with E-state index in [-0.39, 0.29) is 17.1 Å². The minimum Gasteiger partial charge on any atom is -0.493 e. The van der Waals surface area contributed by atoms with Gasteiger partial charge in [0, 0.05) is 12.6 Å². The third-order valence-corrected chi connectivity index (χ3v) is 5.35. The molecule has 1 amide bonds. The van der Waals surface area contributed by atoms with Crippen LogP contribution in [0.3, 0.4) is 0 Å². The summed E-state index contributed by atoms with van der Waals surface area (Å²) in [5, 5.41) is 12.1. The number of amides is 1. The lowest BCUT2D eigenvalue weighted by atomic mass is 10.1. The van der Waals surface area contributed by atoms with Crippen LogP contribution in [0.25, 0.3) is 12.2 Å². The highest BCUT2D eigenvalue weighted by molar-refractivity contribution is 9.10. The van der Waals surface area contributed by atoms with Crippen LogP contribution >= 0.6 is 15.9 Å². The number of halogens is 1. The smallest absolute Gasteiger partial charge is 0.336 e. The first-order chi connectivity index (χ1) is 16.9. The van der Waals surface area contributed by atoms with Gasteiger partial charge in [-0.25, -0.2) is 4.79 Å². The quantitative estimate of drug-likeness (QED) is 0.141. The number of nitrogens with zero attached hydrogens (tertiary/aromatic N) is 1. The van der Waals surface area contributed by atoms with Crippen molar-refractivity contribution in [2.75, 3.05) is 27.9 Å². The number of hydrogen-bond acceptors (Lipinski definition) is 7. The van der Waals surface area contributed by atoms with Gasteiger partial charge in [0.05, 0.1) is 25.8 Å². The van der Waals surface area contributed by atoms with Crippen LogP contribution in [0.15, 0.2) is 46.5 Å². The molecule has 0 spiro atoms. The van der Waals surface area contributed by atoms with Crippen LogP contribution in [-0.2, 0) is 9.59 Å². The zero-order chi connectivity index (χ0) is 25.8. The maximum absolute atomic E-state index is 12.4. The first kappa shape index (κ1) is 27.5. The van der Waals surface area contributed by atoms with E-state index in [9.17, 15) is 14.9 Å². The largest absolute Gasteiger partial charge is 0.493 e. The third kappa shape index (κ3) is 7.90. The molecule has 0 heterocycles. The van der Waals surface area contributed by atoms with Crippen molar-refractivity contribution in [3.05, 3.63) is 57.6 Å². The molecule has 0 radical (unpaired) electrons. The second kappa shape index (κ2) is 13.8. The van der Waals surface area contributed by atoms with Crippen molar-refractivity contribution in [3.8, 4) is 29.1 Å². The topological polar surface area (TPSA) is 107 Å². The van der Waals surface area contributed by atoms with Crippen LogP contribution in [0.5, 0.6) is 23.0 Å². The molecule has 0 saturated heterocycles. The molecular weight excluding hydrogens is 516 g/mol. The molecule has 0 fully saturated rings. The van der Waals surface area contributed by atoms with E-state index in [1.165, 1.54) is 39.5 Å². The van der Waals surface area contributed by atoms with Gasteiger partial charge in [0.15, 0.2) is 23.0 Å². The number of ether oxygens (including phenoxy) is 4. The van der Waals surface area contributed by atoms with Crippen LogP contribution in [0.4, 0.5) is 0 Å². The summed E-state index contributed by atoms with van der Waals surface area (Å²) in [4.78, 5) is 24.6. The fraction of sp³-hybridized carbons (Fsp3) is 0.269. The van der Waals surface area contributed by atoms with E-state index in [2.05, 4.69) is 21.2 Å². The zero-order valence-electron chi connectivity index (χ0n) is 20.0. The van der Waals surface area contributed by atoms with Gasteiger partial charge in [-0.05, 0) is 69.9 Å². The van der Waals surface area contributed by atoms with Crippen molar-refractivity contribution >= 4 is 40.0 Å². The number of esters is 1. The van der Waals surface area contributed by atoms with E-state index in [1.54, 1.807) is 30.3 Å². The summed E-state index contributed by atoms with van der Waals surface area (Å²) in [5.41, 5.74) is 1.21. The summed E-state index contributed by atoms with van der Waals surface area (Å²) in [6.45, 7) is 2.51. The van der Waals surface area contributed by atoms with E-state index >= 15 is 0 Å². The Morgan fingerprint density at radius 1 is 1.03 bits per heavy atom. The zero-order valence-corrected chi connectivity index (χ0v) is 21.6. The van der Waals surface area contributed by atoms with Gasteiger partial charge in [-0.3, -0.25) is 4.79 Å². The Balaban J connectivity index is 2.17. The highest BCUT2D eigenvalue weighted by atomic mass is 79.9. The average molecular weight is 543 g/mol. The number of carbonyl (C=O) groups excluding carboxylic acids is 2. The number of nitrogens with one attached hydrogen (secondary N) is 1. The van der Waals surface area contributed by atoms with Gasteiger partial charge in [-0.15, -0.1) is 0 Å². The Morgan fingerprint density at radius 2 is 1.74 bits per heavy atom. The lowest BCUT2D eigenvalue weighted by Crippen LogP contribution is -2.25. The fourth-order valence-corrected chi connectivity index (χ4v) is 3.61. The molecular formula is C26H27BrN2O6. The highest BCUT2D eigenvalue weighted by Crippen LogP contribution is 2.36. The highest BCUT2D eigenvalue weighted by Gasteiger charge is 2.13. The van der Waals surface area contributed by atoms with E-state index in [0.717, 1.165) is 12.8 Å². The second-order valence-electron chi connectivity index (χ2n) is 7.18. The Bertz CT molecular complexity index is 1170. The van der Waals surface area contributed by atoms with Crippen molar-refractivity contribution in [3.63, 3.8) is 0 Å². The lowest BCUT2D eigenvalue weighted by Gasteiger charge is -2.10. The summed E-state index contributed by atoms with van der Waals surface area (Å²) in [5.74, 6) is 0.463. The summed E-state index contributed by atoms with van der Waals surface area (Å²) in [6.07, 6.45) is 6.06. The minimum atomic E-state index is -0.620. The van der Waals surface area contributed by atoms with Gasteiger partial charge < -0.3 is 24.3 Å². The maximum Gasteiger partial charge on any atom is 0.336 e. The molecule has 35 heavy (non-hydrogen) atoms. The van der Waals surface area contributed by atoms with Crippen LogP contribution in [0.2, 0.25) is 0 Å². The molecule has 1 N–H and O–H groups in total. The van der Waals surface area contributed by atoms with Crippen LogP contribution in [0.1, 0.15) is 30.9 Å². The molecule has 0 saturated carbocycles. The number of rotatable bonds is 11. The number of methoxy groups -OCH3 is 3. The Morgan fingerprint density at radius 3 is 2.37 bits per heavy atom. The number of nitriles is 1. The van der Waals surface area contributed by atoms with Crippen molar-refractivity contribution in [2.24, 2.45) is 0 Å². The molecule has 0 aliphatic carbocycles.